The van der Waals surface area contributed by atoms with Crippen LogP contribution >= 0.6 is 11.3 Å². The maximum absolute atomic E-state index is 12.3. The van der Waals surface area contributed by atoms with Gasteiger partial charge in [-0.2, -0.15) is 0 Å². The molecule has 30 heavy (non-hydrogen) atoms. The average molecular weight is 429 g/mol. The first kappa shape index (κ1) is 23.3. The van der Waals surface area contributed by atoms with Crippen LogP contribution in [0.15, 0.2) is 40.7 Å². The first-order chi connectivity index (χ1) is 14.3. The van der Waals surface area contributed by atoms with Crippen molar-refractivity contribution < 1.29 is 14.4 Å². The molecule has 0 aliphatic rings. The van der Waals surface area contributed by atoms with E-state index in [1.807, 2.05) is 32.9 Å². The number of rotatable bonds is 9. The van der Waals surface area contributed by atoms with E-state index in [1.165, 1.54) is 11.3 Å². The van der Waals surface area contributed by atoms with Gasteiger partial charge in [0.05, 0.1) is 5.69 Å². The number of ketones is 1. The average Bonchev–Trinajstić information content (AvgIpc) is 3.17. The Morgan fingerprint density at radius 1 is 1.07 bits per heavy atom. The van der Waals surface area contributed by atoms with Gasteiger partial charge in [-0.25, -0.2) is 4.79 Å². The van der Waals surface area contributed by atoms with Crippen molar-refractivity contribution in [2.24, 2.45) is 22.6 Å². The van der Waals surface area contributed by atoms with Crippen LogP contribution in [0, 0.1) is 11.8 Å². The fourth-order valence-electron chi connectivity index (χ4n) is 3.07. The Labute approximate surface area is 180 Å². The van der Waals surface area contributed by atoms with Crippen LogP contribution in [0.2, 0.25) is 0 Å². The van der Waals surface area contributed by atoms with Gasteiger partial charge in [-0.05, 0) is 35.6 Å². The normalized spacial score (nSPS) is 13.4. The van der Waals surface area contributed by atoms with E-state index in [9.17, 15) is 14.4 Å². The van der Waals surface area contributed by atoms with Crippen molar-refractivity contribution in [1.29, 1.82) is 0 Å². The molecule has 1 aromatic carbocycles. The van der Waals surface area contributed by atoms with E-state index < -0.39 is 11.9 Å². The molecule has 1 heterocycles. The summed E-state index contributed by atoms with van der Waals surface area (Å²) in [4.78, 5) is 40.5. The zero-order valence-corrected chi connectivity index (χ0v) is 18.5. The van der Waals surface area contributed by atoms with Crippen LogP contribution in [0.25, 0.3) is 0 Å². The highest BCUT2D eigenvalue weighted by Gasteiger charge is 2.19. The zero-order chi connectivity index (χ0) is 22.3. The van der Waals surface area contributed by atoms with Crippen LogP contribution in [-0.2, 0) is 4.79 Å². The summed E-state index contributed by atoms with van der Waals surface area (Å²) in [6, 6.07) is 8.42. The van der Waals surface area contributed by atoms with Crippen LogP contribution < -0.4 is 16.4 Å². The van der Waals surface area contributed by atoms with Gasteiger partial charge in [0.1, 0.15) is 10.7 Å². The van der Waals surface area contributed by atoms with Crippen molar-refractivity contribution >= 4 is 46.1 Å². The second kappa shape index (κ2) is 10.7. The van der Waals surface area contributed by atoms with E-state index in [-0.39, 0.29) is 17.6 Å². The Kier molecular flexibility index (Phi) is 8.29. The van der Waals surface area contributed by atoms with Gasteiger partial charge >= 0.3 is 6.03 Å². The summed E-state index contributed by atoms with van der Waals surface area (Å²) in [6.45, 7) is 5.96. The molecule has 0 fully saturated rings. The van der Waals surface area contributed by atoms with E-state index in [0.717, 1.165) is 17.7 Å². The Balaban J connectivity index is 2.02. The quantitative estimate of drug-likeness (QED) is 0.509. The van der Waals surface area contributed by atoms with Gasteiger partial charge in [0.15, 0.2) is 0 Å². The van der Waals surface area contributed by atoms with Crippen LogP contribution in [-0.4, -0.2) is 30.5 Å². The van der Waals surface area contributed by atoms with E-state index >= 15 is 0 Å². The number of nitrogens with one attached hydrogen (secondary N) is 2. The van der Waals surface area contributed by atoms with Crippen molar-refractivity contribution in [3.05, 3.63) is 46.2 Å². The molecule has 3 amide bonds. The third-order valence-electron chi connectivity index (χ3n) is 4.95. The summed E-state index contributed by atoms with van der Waals surface area (Å²) in [5.74, 6) is -0.291. The topological polar surface area (TPSA) is 114 Å². The molecule has 2 atom stereocenters. The summed E-state index contributed by atoms with van der Waals surface area (Å²) in [6.07, 6.45) is 1.28. The predicted octanol–water partition coefficient (Wildman–Crippen LogP) is 4.55. The Morgan fingerprint density at radius 2 is 1.73 bits per heavy atom. The van der Waals surface area contributed by atoms with Crippen LogP contribution in [0.5, 0.6) is 0 Å². The third-order valence-corrected chi connectivity index (χ3v) is 5.88. The van der Waals surface area contributed by atoms with Gasteiger partial charge in [0.2, 0.25) is 0 Å². The summed E-state index contributed by atoms with van der Waals surface area (Å²) in [5, 5.41) is 7.03. The number of anilines is 2. The number of benzene rings is 1. The van der Waals surface area contributed by atoms with Crippen LogP contribution in [0.4, 0.5) is 16.2 Å². The number of urea groups is 1. The van der Waals surface area contributed by atoms with Gasteiger partial charge in [-0.15, -0.1) is 11.3 Å². The second-order valence-electron chi connectivity index (χ2n) is 7.17. The molecule has 1 aromatic heterocycles. The Bertz CT molecular complexity index is 934. The highest BCUT2D eigenvalue weighted by atomic mass is 32.1. The lowest BCUT2D eigenvalue weighted by molar-refractivity contribution is -0.122. The zero-order valence-electron chi connectivity index (χ0n) is 17.7. The SMILES string of the molecule is CCC(C)C(=O)CC(C)C(=NC)c1ccc(NC(=O)Nc2ccsc2C(N)=O)cc1. The minimum absolute atomic E-state index is 0.00409. The lowest BCUT2D eigenvalue weighted by atomic mass is 9.89. The summed E-state index contributed by atoms with van der Waals surface area (Å²) < 4.78 is 0. The molecule has 0 spiro atoms. The number of carbonyl (C=O) groups excluding carboxylic acids is 3. The second-order valence-corrected chi connectivity index (χ2v) is 8.09. The van der Waals surface area contributed by atoms with E-state index in [4.69, 9.17) is 5.73 Å². The molecule has 0 aliphatic carbocycles. The minimum Gasteiger partial charge on any atom is -0.365 e. The Hall–Kier alpha value is -3.00. The fraction of sp³-hybridized carbons (Fsp3) is 0.364. The molecule has 4 N–H and O–H groups in total. The van der Waals surface area contributed by atoms with Crippen molar-refractivity contribution in [1.82, 2.24) is 0 Å². The molecule has 0 saturated carbocycles. The number of hydrogen-bond donors (Lipinski definition) is 3. The van der Waals surface area contributed by atoms with E-state index in [1.54, 1.807) is 30.6 Å². The number of carbonyl (C=O) groups is 3. The Morgan fingerprint density at radius 3 is 2.30 bits per heavy atom. The van der Waals surface area contributed by atoms with Crippen LogP contribution in [0.3, 0.4) is 0 Å². The maximum Gasteiger partial charge on any atom is 0.323 e. The molecule has 0 aliphatic heterocycles. The number of amides is 3. The van der Waals surface area contributed by atoms with Gasteiger partial charge in [0, 0.05) is 36.7 Å². The number of primary amides is 1. The van der Waals surface area contributed by atoms with Gasteiger partial charge in [0.25, 0.3) is 5.91 Å². The summed E-state index contributed by atoms with van der Waals surface area (Å²) in [5.41, 5.74) is 8.02. The molecular formula is C22H28N4O3S. The largest absolute Gasteiger partial charge is 0.365 e. The first-order valence-electron chi connectivity index (χ1n) is 9.81. The highest BCUT2D eigenvalue weighted by Crippen LogP contribution is 2.22. The number of Topliss-reactive ketones (excluding diaryl/α,β-unsaturated/α-hetero) is 1. The maximum atomic E-state index is 12.3. The number of nitrogens with two attached hydrogens (primary N) is 1. The molecule has 8 heteroatoms. The number of hydrogen-bond acceptors (Lipinski definition) is 5. The smallest absolute Gasteiger partial charge is 0.323 e. The fourth-order valence-corrected chi connectivity index (χ4v) is 3.77. The van der Waals surface area contributed by atoms with Crippen molar-refractivity contribution in [2.45, 2.75) is 33.6 Å². The molecular weight excluding hydrogens is 400 g/mol. The molecule has 160 valence electrons. The molecule has 2 aromatic rings. The van der Waals surface area contributed by atoms with Gasteiger partial charge < -0.3 is 16.4 Å². The number of aliphatic imine (C=N–C) groups is 1. The van der Waals surface area contributed by atoms with E-state index in [0.29, 0.717) is 22.7 Å². The molecule has 7 nitrogen and oxygen atoms in total. The lowest BCUT2D eigenvalue weighted by Gasteiger charge is -2.17. The van der Waals surface area contributed by atoms with Gasteiger partial charge in [-0.3, -0.25) is 14.6 Å². The van der Waals surface area contributed by atoms with Gasteiger partial charge in [-0.1, -0.05) is 32.9 Å². The summed E-state index contributed by atoms with van der Waals surface area (Å²) in [7, 11) is 1.72. The van der Waals surface area contributed by atoms with Crippen molar-refractivity contribution in [2.75, 3.05) is 17.7 Å². The third kappa shape index (κ3) is 6.00. The van der Waals surface area contributed by atoms with E-state index in [2.05, 4.69) is 15.6 Å². The summed E-state index contributed by atoms with van der Waals surface area (Å²) >= 11 is 1.17. The van der Waals surface area contributed by atoms with Crippen molar-refractivity contribution in [3.8, 4) is 0 Å². The molecule has 2 rings (SSSR count). The highest BCUT2D eigenvalue weighted by molar-refractivity contribution is 7.12. The minimum atomic E-state index is -0.586. The standard InChI is InChI=1S/C22H28N4O3S/c1-5-13(2)18(27)12-14(3)19(24-4)15-6-8-16(9-7-15)25-22(29)26-17-10-11-30-20(17)21(23)28/h6-11,13-14H,5,12H2,1-4H3,(H2,23,28)(H2,25,26,29). The number of nitrogens with zero attached hydrogens (tertiary/aromatic N) is 1. The monoisotopic (exact) mass is 428 g/mol. The molecule has 0 saturated heterocycles. The molecule has 0 radical (unpaired) electrons. The predicted molar refractivity (Wildman–Crippen MR) is 123 cm³/mol. The number of thiophene rings is 1. The molecule has 0 bridgehead atoms. The lowest BCUT2D eigenvalue weighted by Crippen LogP contribution is -2.22. The molecule has 2 unspecified atom stereocenters. The van der Waals surface area contributed by atoms with Crippen LogP contribution in [0.1, 0.15) is 48.8 Å². The first-order valence-corrected chi connectivity index (χ1v) is 10.7. The van der Waals surface area contributed by atoms with Crippen molar-refractivity contribution in [3.63, 3.8) is 0 Å².